The van der Waals surface area contributed by atoms with Crippen LogP contribution in [0.5, 0.6) is 0 Å². The van der Waals surface area contributed by atoms with Gasteiger partial charge in [-0.15, -0.1) is 0 Å². The number of carbonyl (C=O) groups excluding carboxylic acids is 5. The molecule has 0 aliphatic carbocycles. The van der Waals surface area contributed by atoms with Crippen molar-refractivity contribution in [2.45, 2.75) is 77.7 Å². The Morgan fingerprint density at radius 2 is 1.26 bits per heavy atom. The molecule has 1 aromatic carbocycles. The lowest BCUT2D eigenvalue weighted by Crippen LogP contribution is -2.62. The van der Waals surface area contributed by atoms with E-state index >= 15 is 0 Å². The molecule has 0 unspecified atom stereocenters. The maximum atomic E-state index is 12.3. The molecular formula is C24H30O11. The molecule has 35 heavy (non-hydrogen) atoms. The zero-order chi connectivity index (χ0) is 26.0. The summed E-state index contributed by atoms with van der Waals surface area (Å²) in [6.07, 6.45) is -5.80. The minimum atomic E-state index is -1.26. The minimum Gasteiger partial charge on any atom is -0.463 e. The number of esters is 5. The summed E-state index contributed by atoms with van der Waals surface area (Å²) in [6.45, 7) is 4.38. The Balaban J connectivity index is 2.21. The lowest BCUT2D eigenvalue weighted by Gasteiger charge is -2.44. The van der Waals surface area contributed by atoms with Crippen LogP contribution in [0.25, 0.3) is 0 Å². The fraction of sp³-hybridized carbons (Fsp3) is 0.542. The van der Waals surface area contributed by atoms with Gasteiger partial charge in [0.15, 0.2) is 18.3 Å². The Morgan fingerprint density at radius 3 is 1.80 bits per heavy atom. The summed E-state index contributed by atoms with van der Waals surface area (Å²) >= 11 is 0. The molecule has 11 heteroatoms. The molecule has 0 aromatic heterocycles. The maximum Gasteiger partial charge on any atom is 0.306 e. The zero-order valence-electron chi connectivity index (χ0n) is 20.1. The molecule has 0 amide bonds. The Bertz CT molecular complexity index is 898. The van der Waals surface area contributed by atoms with Crippen molar-refractivity contribution >= 4 is 29.8 Å². The monoisotopic (exact) mass is 494 g/mol. The molecule has 192 valence electrons. The molecule has 1 fully saturated rings. The van der Waals surface area contributed by atoms with Crippen molar-refractivity contribution < 1.29 is 52.4 Å². The van der Waals surface area contributed by atoms with Gasteiger partial charge in [0.05, 0.1) is 6.10 Å². The fourth-order valence-electron chi connectivity index (χ4n) is 3.62. The van der Waals surface area contributed by atoms with E-state index in [0.29, 0.717) is 0 Å². The molecule has 1 aliphatic heterocycles. The second-order valence-corrected chi connectivity index (χ2v) is 7.92. The summed E-state index contributed by atoms with van der Waals surface area (Å²) in [4.78, 5) is 59.1. The van der Waals surface area contributed by atoms with E-state index < -0.39 is 60.4 Å². The first-order valence-electron chi connectivity index (χ1n) is 11.1. The first-order chi connectivity index (χ1) is 16.6. The first kappa shape index (κ1) is 27.8. The van der Waals surface area contributed by atoms with Crippen LogP contribution in [0.3, 0.4) is 0 Å². The summed E-state index contributed by atoms with van der Waals surface area (Å²) in [5.41, 5.74) is 0.813. The number of ether oxygens (including phenoxy) is 6. The third-order valence-corrected chi connectivity index (χ3v) is 4.96. The van der Waals surface area contributed by atoms with Gasteiger partial charge in [-0.3, -0.25) is 24.0 Å². The Kier molecular flexibility index (Phi) is 10.7. The van der Waals surface area contributed by atoms with Gasteiger partial charge in [-0.1, -0.05) is 30.3 Å². The SMILES string of the molecule is CC(=O)OC[C@H]1O[C@H](CCC(=O)OCc2ccccc2)[C@H](OC(C)=O)[C@@H](OC(C)=O)[C@H]1OC(C)=O. The van der Waals surface area contributed by atoms with E-state index in [2.05, 4.69) is 0 Å². The van der Waals surface area contributed by atoms with Gasteiger partial charge in [-0.2, -0.15) is 0 Å². The van der Waals surface area contributed by atoms with Crippen LogP contribution in [0.4, 0.5) is 0 Å². The summed E-state index contributed by atoms with van der Waals surface area (Å²) < 4.78 is 32.3. The van der Waals surface area contributed by atoms with Gasteiger partial charge in [0.1, 0.15) is 19.3 Å². The molecule has 1 aliphatic rings. The minimum absolute atomic E-state index is 0.0205. The van der Waals surface area contributed by atoms with E-state index in [9.17, 15) is 24.0 Å². The van der Waals surface area contributed by atoms with Crippen LogP contribution in [-0.2, 0) is 59.0 Å². The molecule has 11 nitrogen and oxygen atoms in total. The quantitative estimate of drug-likeness (QED) is 0.346. The molecule has 0 radical (unpaired) electrons. The van der Waals surface area contributed by atoms with Crippen LogP contribution in [0.1, 0.15) is 46.1 Å². The number of benzene rings is 1. The fourth-order valence-corrected chi connectivity index (χ4v) is 3.62. The van der Waals surface area contributed by atoms with E-state index in [1.54, 1.807) is 0 Å². The Hall–Kier alpha value is -3.47. The molecular weight excluding hydrogens is 464 g/mol. The van der Waals surface area contributed by atoms with E-state index in [-0.39, 0.29) is 26.1 Å². The molecule has 1 heterocycles. The van der Waals surface area contributed by atoms with E-state index in [0.717, 1.165) is 26.3 Å². The van der Waals surface area contributed by atoms with Crippen molar-refractivity contribution in [1.29, 1.82) is 0 Å². The summed E-state index contributed by atoms with van der Waals surface area (Å²) in [6, 6.07) is 9.11. The van der Waals surface area contributed by atoms with Gasteiger partial charge in [-0.05, 0) is 12.0 Å². The van der Waals surface area contributed by atoms with Gasteiger partial charge >= 0.3 is 29.8 Å². The molecule has 0 spiro atoms. The third kappa shape index (κ3) is 9.36. The van der Waals surface area contributed by atoms with Crippen LogP contribution in [0, 0.1) is 0 Å². The second kappa shape index (κ2) is 13.4. The van der Waals surface area contributed by atoms with Crippen LogP contribution in [0.15, 0.2) is 30.3 Å². The molecule has 1 aromatic rings. The topological polar surface area (TPSA) is 141 Å². The zero-order valence-corrected chi connectivity index (χ0v) is 20.1. The summed E-state index contributed by atoms with van der Waals surface area (Å²) in [7, 11) is 0. The molecule has 2 rings (SSSR count). The normalized spacial score (nSPS) is 23.5. The van der Waals surface area contributed by atoms with Crippen molar-refractivity contribution in [3.63, 3.8) is 0 Å². The third-order valence-electron chi connectivity index (χ3n) is 4.96. The average Bonchev–Trinajstić information content (AvgIpc) is 2.78. The summed E-state index contributed by atoms with van der Waals surface area (Å²) in [5, 5.41) is 0. The number of rotatable bonds is 10. The molecule has 0 bridgehead atoms. The van der Waals surface area contributed by atoms with E-state index in [1.165, 1.54) is 6.92 Å². The Labute approximate surface area is 202 Å². The highest BCUT2D eigenvalue weighted by molar-refractivity contribution is 5.70. The Morgan fingerprint density at radius 1 is 0.714 bits per heavy atom. The largest absolute Gasteiger partial charge is 0.463 e. The highest BCUT2D eigenvalue weighted by Gasteiger charge is 2.51. The standard InChI is InChI=1S/C24H30O11/c1-14(25)30-13-20-23(33-16(3)27)24(34-17(4)28)22(32-15(2)26)19(35-20)10-11-21(29)31-12-18-8-6-5-7-9-18/h5-9,19-20,22-24H,10-13H2,1-4H3/t19-,20-,22+,23+,24-/m1/s1. The molecule has 5 atom stereocenters. The molecule has 0 N–H and O–H groups in total. The number of hydrogen-bond donors (Lipinski definition) is 0. The van der Waals surface area contributed by atoms with Crippen LogP contribution < -0.4 is 0 Å². The van der Waals surface area contributed by atoms with Crippen molar-refractivity contribution in [3.05, 3.63) is 35.9 Å². The van der Waals surface area contributed by atoms with Gasteiger partial charge in [0.25, 0.3) is 0 Å². The van der Waals surface area contributed by atoms with Crippen LogP contribution in [-0.4, -0.2) is 67.0 Å². The number of hydrogen-bond acceptors (Lipinski definition) is 11. The van der Waals surface area contributed by atoms with Crippen molar-refractivity contribution in [2.24, 2.45) is 0 Å². The van der Waals surface area contributed by atoms with Gasteiger partial charge in [0, 0.05) is 34.1 Å². The first-order valence-corrected chi connectivity index (χ1v) is 11.1. The molecule has 0 saturated carbocycles. The van der Waals surface area contributed by atoms with Crippen LogP contribution >= 0.6 is 0 Å². The lowest BCUT2D eigenvalue weighted by atomic mass is 9.92. The highest BCUT2D eigenvalue weighted by atomic mass is 16.7. The predicted molar refractivity (Wildman–Crippen MR) is 117 cm³/mol. The van der Waals surface area contributed by atoms with Gasteiger partial charge in [0.2, 0.25) is 0 Å². The average molecular weight is 494 g/mol. The van der Waals surface area contributed by atoms with E-state index in [1.807, 2.05) is 30.3 Å². The number of carbonyl (C=O) groups is 5. The predicted octanol–water partition coefficient (Wildman–Crippen LogP) is 1.64. The second-order valence-electron chi connectivity index (χ2n) is 7.92. The van der Waals surface area contributed by atoms with Gasteiger partial charge < -0.3 is 28.4 Å². The summed E-state index contributed by atoms with van der Waals surface area (Å²) in [5.74, 6) is -3.27. The van der Waals surface area contributed by atoms with Crippen LogP contribution in [0.2, 0.25) is 0 Å². The van der Waals surface area contributed by atoms with Crippen molar-refractivity contribution in [2.75, 3.05) is 6.61 Å². The lowest BCUT2D eigenvalue weighted by molar-refractivity contribution is -0.253. The van der Waals surface area contributed by atoms with Gasteiger partial charge in [-0.25, -0.2) is 0 Å². The van der Waals surface area contributed by atoms with Crippen molar-refractivity contribution in [1.82, 2.24) is 0 Å². The highest BCUT2D eigenvalue weighted by Crippen LogP contribution is 2.31. The van der Waals surface area contributed by atoms with E-state index in [4.69, 9.17) is 28.4 Å². The maximum absolute atomic E-state index is 12.3. The molecule has 1 saturated heterocycles. The smallest absolute Gasteiger partial charge is 0.306 e. The van der Waals surface area contributed by atoms with Crippen molar-refractivity contribution in [3.8, 4) is 0 Å².